The van der Waals surface area contributed by atoms with E-state index >= 15 is 0 Å². The lowest BCUT2D eigenvalue weighted by atomic mass is 10.1. The van der Waals surface area contributed by atoms with E-state index in [2.05, 4.69) is 27.0 Å². The third-order valence-electron chi connectivity index (χ3n) is 6.02. The Labute approximate surface area is 165 Å². The van der Waals surface area contributed by atoms with Gasteiger partial charge in [0.1, 0.15) is 23.0 Å². The Morgan fingerprint density at radius 2 is 1.93 bits per heavy atom. The van der Waals surface area contributed by atoms with E-state index in [1.807, 2.05) is 36.5 Å². The fourth-order valence-corrected chi connectivity index (χ4v) is 4.66. The summed E-state index contributed by atoms with van der Waals surface area (Å²) in [6.45, 7) is 0.591. The summed E-state index contributed by atoms with van der Waals surface area (Å²) in [5.41, 5.74) is 2.54. The van der Waals surface area contributed by atoms with E-state index < -0.39 is 6.04 Å². The quantitative estimate of drug-likeness (QED) is 0.574. The zero-order valence-electron chi connectivity index (χ0n) is 15.5. The van der Waals surface area contributed by atoms with Gasteiger partial charge in [-0.15, -0.1) is 0 Å². The molecule has 2 aromatic carbocycles. The molecule has 7 nitrogen and oxygen atoms in total. The topological polar surface area (TPSA) is 80.4 Å². The molecule has 144 valence electrons. The molecule has 2 aliphatic rings. The summed E-state index contributed by atoms with van der Waals surface area (Å²) in [6.07, 6.45) is 4.26. The molecule has 2 fully saturated rings. The van der Waals surface area contributed by atoms with Crippen molar-refractivity contribution in [3.8, 4) is 11.4 Å². The van der Waals surface area contributed by atoms with Crippen LogP contribution < -0.4 is 5.32 Å². The Kier molecular flexibility index (Phi) is 3.35. The summed E-state index contributed by atoms with van der Waals surface area (Å²) < 4.78 is 8.24. The van der Waals surface area contributed by atoms with Crippen molar-refractivity contribution in [2.75, 3.05) is 13.1 Å². The van der Waals surface area contributed by atoms with Crippen LogP contribution in [0.3, 0.4) is 0 Å². The number of hydrogen-bond donors (Lipinski definition) is 1. The highest BCUT2D eigenvalue weighted by Crippen LogP contribution is 2.37. The number of imidazole rings is 1. The summed E-state index contributed by atoms with van der Waals surface area (Å²) >= 11 is 0. The number of nitrogens with one attached hydrogen (secondary N) is 1. The van der Waals surface area contributed by atoms with Gasteiger partial charge in [-0.3, -0.25) is 9.59 Å². The summed E-state index contributed by atoms with van der Waals surface area (Å²) in [6, 6.07) is 13.6. The number of hydrogen-bond acceptors (Lipinski definition) is 4. The molecule has 4 aromatic rings. The van der Waals surface area contributed by atoms with E-state index in [9.17, 15) is 9.59 Å². The van der Waals surface area contributed by atoms with Gasteiger partial charge in [-0.05, 0) is 18.6 Å². The Bertz CT molecular complexity index is 1260. The molecular formula is C22H18N4O3. The maximum atomic E-state index is 12.2. The summed E-state index contributed by atoms with van der Waals surface area (Å²) in [4.78, 5) is 30.8. The number of fused-ring (bicyclic) bond motifs is 4. The second kappa shape index (κ2) is 5.94. The Balaban J connectivity index is 1.46. The van der Waals surface area contributed by atoms with Crippen LogP contribution in [0.15, 0.2) is 59.3 Å². The van der Waals surface area contributed by atoms with Gasteiger partial charge in [-0.2, -0.15) is 0 Å². The van der Waals surface area contributed by atoms with Crippen LogP contribution in [-0.4, -0.2) is 45.4 Å². The van der Waals surface area contributed by atoms with Crippen LogP contribution >= 0.6 is 0 Å². The largest absolute Gasteiger partial charge is 0.455 e. The molecule has 2 aliphatic heterocycles. The maximum absolute atomic E-state index is 12.2. The predicted molar refractivity (Wildman–Crippen MR) is 107 cm³/mol. The number of amides is 2. The highest BCUT2D eigenvalue weighted by atomic mass is 16.3. The van der Waals surface area contributed by atoms with Gasteiger partial charge in [0.25, 0.3) is 0 Å². The first kappa shape index (κ1) is 16.4. The van der Waals surface area contributed by atoms with Crippen molar-refractivity contribution in [3.05, 3.63) is 54.9 Å². The molecule has 7 heteroatoms. The fraction of sp³-hybridized carbons (Fsp3) is 0.227. The van der Waals surface area contributed by atoms with Crippen molar-refractivity contribution in [2.24, 2.45) is 0 Å². The lowest BCUT2D eigenvalue weighted by molar-refractivity contribution is -0.143. The molecule has 29 heavy (non-hydrogen) atoms. The normalized spacial score (nSPS) is 21.7. The van der Waals surface area contributed by atoms with Gasteiger partial charge in [0, 0.05) is 29.7 Å². The number of furan rings is 1. The van der Waals surface area contributed by atoms with Crippen molar-refractivity contribution < 1.29 is 14.0 Å². The molecule has 0 aliphatic carbocycles. The van der Waals surface area contributed by atoms with E-state index in [4.69, 9.17) is 4.42 Å². The van der Waals surface area contributed by atoms with Crippen molar-refractivity contribution in [2.45, 2.75) is 18.5 Å². The average molecular weight is 386 g/mol. The molecule has 1 N–H and O–H groups in total. The second-order valence-electron chi connectivity index (χ2n) is 7.61. The lowest BCUT2D eigenvalue weighted by Crippen LogP contribution is -2.55. The molecule has 2 amide bonds. The van der Waals surface area contributed by atoms with Crippen molar-refractivity contribution in [1.29, 1.82) is 0 Å². The minimum atomic E-state index is -0.404. The molecular weight excluding hydrogens is 368 g/mol. The molecule has 2 saturated heterocycles. The van der Waals surface area contributed by atoms with Gasteiger partial charge in [-0.25, -0.2) is 4.98 Å². The molecule has 6 rings (SSSR count). The average Bonchev–Trinajstić information content (AvgIpc) is 3.46. The van der Waals surface area contributed by atoms with Crippen LogP contribution in [0.25, 0.3) is 33.3 Å². The molecule has 0 bridgehead atoms. The maximum Gasteiger partial charge on any atom is 0.243 e. The minimum Gasteiger partial charge on any atom is -0.455 e. The fourth-order valence-electron chi connectivity index (χ4n) is 4.66. The molecule has 4 heterocycles. The first-order chi connectivity index (χ1) is 14.2. The lowest BCUT2D eigenvalue weighted by Gasteiger charge is -2.28. The first-order valence-electron chi connectivity index (χ1n) is 9.71. The van der Waals surface area contributed by atoms with Crippen LogP contribution in [0, 0.1) is 0 Å². The van der Waals surface area contributed by atoms with Gasteiger partial charge < -0.3 is 19.2 Å². The van der Waals surface area contributed by atoms with Crippen LogP contribution in [0.4, 0.5) is 0 Å². The standard InChI is InChI=1S/C22H18N4O3/c27-19-11-24-22(28)17-10-13(12-26(17)19)25-9-8-23-21(25)16-6-3-5-15-14-4-1-2-7-18(14)29-20(15)16/h1-9,13,17H,10-12H2,(H,24,28)/t13-,17+/m1/s1. The number of carbonyl (C=O) groups excluding carboxylic acids is 2. The van der Waals surface area contributed by atoms with Gasteiger partial charge in [0.05, 0.1) is 18.2 Å². The van der Waals surface area contributed by atoms with E-state index in [1.165, 1.54) is 0 Å². The van der Waals surface area contributed by atoms with E-state index in [1.54, 1.807) is 11.1 Å². The van der Waals surface area contributed by atoms with Crippen LogP contribution in [0.1, 0.15) is 12.5 Å². The summed E-state index contributed by atoms with van der Waals surface area (Å²) in [7, 11) is 0. The third-order valence-corrected chi connectivity index (χ3v) is 6.02. The van der Waals surface area contributed by atoms with E-state index in [0.29, 0.717) is 13.0 Å². The molecule has 2 aromatic heterocycles. The smallest absolute Gasteiger partial charge is 0.243 e. The number of carbonyl (C=O) groups is 2. The number of para-hydroxylation sites is 2. The highest BCUT2D eigenvalue weighted by Gasteiger charge is 2.43. The van der Waals surface area contributed by atoms with Gasteiger partial charge in [-0.1, -0.05) is 30.3 Å². The number of rotatable bonds is 2. The van der Waals surface area contributed by atoms with Crippen molar-refractivity contribution in [3.63, 3.8) is 0 Å². The number of aromatic nitrogens is 2. The second-order valence-corrected chi connectivity index (χ2v) is 7.61. The Morgan fingerprint density at radius 3 is 2.83 bits per heavy atom. The van der Waals surface area contributed by atoms with Crippen molar-refractivity contribution in [1.82, 2.24) is 19.8 Å². The predicted octanol–water partition coefficient (Wildman–Crippen LogP) is 2.72. The van der Waals surface area contributed by atoms with Crippen LogP contribution in [-0.2, 0) is 9.59 Å². The minimum absolute atomic E-state index is 0.00932. The Hall–Kier alpha value is -3.61. The zero-order valence-corrected chi connectivity index (χ0v) is 15.5. The first-order valence-corrected chi connectivity index (χ1v) is 9.71. The monoisotopic (exact) mass is 386 g/mol. The third kappa shape index (κ3) is 2.33. The van der Waals surface area contributed by atoms with E-state index in [0.717, 1.165) is 33.3 Å². The van der Waals surface area contributed by atoms with Crippen LogP contribution in [0.2, 0.25) is 0 Å². The molecule has 0 unspecified atom stereocenters. The molecule has 2 atom stereocenters. The molecule has 0 saturated carbocycles. The van der Waals surface area contributed by atoms with Gasteiger partial charge in [0.2, 0.25) is 11.8 Å². The summed E-state index contributed by atoms with van der Waals surface area (Å²) in [5, 5.41) is 4.80. The van der Waals surface area contributed by atoms with E-state index in [-0.39, 0.29) is 24.4 Å². The summed E-state index contributed by atoms with van der Waals surface area (Å²) in [5.74, 6) is 0.679. The van der Waals surface area contributed by atoms with Gasteiger partial charge in [0.15, 0.2) is 0 Å². The van der Waals surface area contributed by atoms with Gasteiger partial charge >= 0.3 is 0 Å². The Morgan fingerprint density at radius 1 is 1.07 bits per heavy atom. The molecule has 0 spiro atoms. The number of benzene rings is 2. The highest BCUT2D eigenvalue weighted by molar-refractivity contribution is 6.09. The number of nitrogens with zero attached hydrogens (tertiary/aromatic N) is 3. The SMILES string of the molecule is O=C1NCC(=O)N2C[C@H](n3ccnc3-c3cccc4c3oc3ccccc34)C[C@@H]12. The molecule has 0 radical (unpaired) electrons. The van der Waals surface area contributed by atoms with Crippen molar-refractivity contribution >= 4 is 33.8 Å². The number of piperazine rings is 1. The zero-order chi connectivity index (χ0) is 19.5. The van der Waals surface area contributed by atoms with Crippen LogP contribution in [0.5, 0.6) is 0 Å².